The Morgan fingerprint density at radius 3 is 2.62 bits per heavy atom. The Morgan fingerprint density at radius 2 is 1.84 bits per heavy atom. The van der Waals surface area contributed by atoms with Crippen molar-refractivity contribution in [3.63, 3.8) is 0 Å². The van der Waals surface area contributed by atoms with E-state index in [2.05, 4.69) is 32.6 Å². The van der Waals surface area contributed by atoms with Crippen molar-refractivity contribution >= 4 is 5.97 Å². The van der Waals surface area contributed by atoms with E-state index in [4.69, 9.17) is 9.47 Å². The molecule has 37 heavy (non-hydrogen) atoms. The van der Waals surface area contributed by atoms with Gasteiger partial charge in [-0.15, -0.1) is 0 Å². The number of hydrogen-bond acceptors (Lipinski definition) is 5. The number of morpholine rings is 1. The molecule has 1 heterocycles. The molecule has 4 aliphatic carbocycles. The smallest absolute Gasteiger partial charge is 0.305 e. The van der Waals surface area contributed by atoms with Gasteiger partial charge in [-0.25, -0.2) is 0 Å². The molecule has 0 unspecified atom stereocenters. The second-order valence-electron chi connectivity index (χ2n) is 14.6. The Morgan fingerprint density at radius 1 is 1.05 bits per heavy atom. The van der Waals surface area contributed by atoms with Crippen LogP contribution in [0.2, 0.25) is 0 Å². The summed E-state index contributed by atoms with van der Waals surface area (Å²) >= 11 is 0. The molecular formula is C32H55NO4. The van der Waals surface area contributed by atoms with Gasteiger partial charge in [0.25, 0.3) is 0 Å². The average Bonchev–Trinajstić information content (AvgIpc) is 3.08. The van der Waals surface area contributed by atoms with Crippen molar-refractivity contribution in [1.29, 1.82) is 0 Å². The largest absolute Gasteiger partial charge is 0.464 e. The minimum Gasteiger partial charge on any atom is -0.464 e. The fourth-order valence-corrected chi connectivity index (χ4v) is 10.7. The van der Waals surface area contributed by atoms with Crippen molar-refractivity contribution in [1.82, 2.24) is 4.90 Å². The molecule has 9 atom stereocenters. The Balaban J connectivity index is 1.21. The second kappa shape index (κ2) is 11.1. The average molecular weight is 518 g/mol. The molecule has 212 valence electrons. The molecule has 0 aromatic rings. The van der Waals surface area contributed by atoms with Gasteiger partial charge in [-0.1, -0.05) is 47.0 Å². The molecule has 0 aromatic carbocycles. The quantitative estimate of drug-likeness (QED) is 0.415. The Hall–Kier alpha value is -0.650. The summed E-state index contributed by atoms with van der Waals surface area (Å²) in [6, 6.07) is 0. The SMILES string of the molecule is C[C@H](CCC(=O)OCCN1CCOCC1)[C@H]1CC[C@H]2[C@]3(C)CC[C@H]4CCCC[C@@](C)(C4)[C@H]3C[C@H](O)[C@]12C. The van der Waals surface area contributed by atoms with Crippen molar-refractivity contribution in [2.24, 2.45) is 45.8 Å². The molecule has 1 aliphatic heterocycles. The summed E-state index contributed by atoms with van der Waals surface area (Å²) in [6.45, 7) is 14.7. The summed E-state index contributed by atoms with van der Waals surface area (Å²) in [6.07, 6.45) is 14.3. The van der Waals surface area contributed by atoms with Gasteiger partial charge in [0.1, 0.15) is 6.61 Å². The molecule has 0 spiro atoms. The molecule has 5 aliphatic rings. The van der Waals surface area contributed by atoms with Gasteiger partial charge >= 0.3 is 5.97 Å². The van der Waals surface area contributed by atoms with E-state index in [0.29, 0.717) is 47.5 Å². The van der Waals surface area contributed by atoms with Gasteiger partial charge in [0.15, 0.2) is 0 Å². The van der Waals surface area contributed by atoms with E-state index < -0.39 is 0 Å². The van der Waals surface area contributed by atoms with Crippen LogP contribution in [-0.4, -0.2) is 61.5 Å². The monoisotopic (exact) mass is 517 g/mol. The van der Waals surface area contributed by atoms with Gasteiger partial charge in [-0.2, -0.15) is 0 Å². The van der Waals surface area contributed by atoms with E-state index in [1.54, 1.807) is 0 Å². The predicted octanol–water partition coefficient (Wildman–Crippen LogP) is 6.08. The summed E-state index contributed by atoms with van der Waals surface area (Å²) < 4.78 is 11.0. The van der Waals surface area contributed by atoms with Gasteiger partial charge in [0.05, 0.1) is 19.3 Å². The molecule has 5 nitrogen and oxygen atoms in total. The van der Waals surface area contributed by atoms with Crippen molar-refractivity contribution in [2.75, 3.05) is 39.5 Å². The van der Waals surface area contributed by atoms with Crippen molar-refractivity contribution < 1.29 is 19.4 Å². The number of esters is 1. The fraction of sp³-hybridized carbons (Fsp3) is 0.969. The highest BCUT2D eigenvalue weighted by atomic mass is 16.5. The number of aliphatic hydroxyl groups is 1. The number of ether oxygens (including phenoxy) is 2. The Kier molecular flexibility index (Phi) is 8.36. The van der Waals surface area contributed by atoms with E-state index in [9.17, 15) is 9.90 Å². The molecule has 1 saturated heterocycles. The van der Waals surface area contributed by atoms with E-state index in [1.165, 1.54) is 57.8 Å². The van der Waals surface area contributed by atoms with Crippen LogP contribution < -0.4 is 0 Å². The molecular weight excluding hydrogens is 462 g/mol. The van der Waals surface area contributed by atoms with Crippen LogP contribution in [0.4, 0.5) is 0 Å². The zero-order chi connectivity index (χ0) is 26.3. The summed E-state index contributed by atoms with van der Waals surface area (Å²) in [7, 11) is 0. The first-order valence-electron chi connectivity index (χ1n) is 15.8. The van der Waals surface area contributed by atoms with Crippen molar-refractivity contribution in [3.05, 3.63) is 0 Å². The van der Waals surface area contributed by atoms with Crippen LogP contribution in [0.15, 0.2) is 0 Å². The molecule has 2 bridgehead atoms. The Labute approximate surface area is 226 Å². The van der Waals surface area contributed by atoms with Crippen LogP contribution in [0.5, 0.6) is 0 Å². The fourth-order valence-electron chi connectivity index (χ4n) is 10.7. The zero-order valence-corrected chi connectivity index (χ0v) is 24.3. The van der Waals surface area contributed by atoms with E-state index in [-0.39, 0.29) is 17.5 Å². The minimum absolute atomic E-state index is 0.0320. The third kappa shape index (κ3) is 5.27. The maximum Gasteiger partial charge on any atom is 0.305 e. The minimum atomic E-state index is -0.220. The topological polar surface area (TPSA) is 59.0 Å². The summed E-state index contributed by atoms with van der Waals surface area (Å²) in [5, 5.41) is 11.9. The first kappa shape index (κ1) is 27.9. The number of rotatable bonds is 7. The molecule has 5 heteroatoms. The highest BCUT2D eigenvalue weighted by molar-refractivity contribution is 5.69. The molecule has 5 rings (SSSR count). The lowest BCUT2D eigenvalue weighted by Crippen LogP contribution is -2.58. The predicted molar refractivity (Wildman–Crippen MR) is 147 cm³/mol. The van der Waals surface area contributed by atoms with Crippen LogP contribution in [0.25, 0.3) is 0 Å². The van der Waals surface area contributed by atoms with Crippen molar-refractivity contribution in [3.8, 4) is 0 Å². The normalized spacial score (nSPS) is 45.3. The number of fused-ring (bicyclic) bond motifs is 6. The first-order chi connectivity index (χ1) is 17.7. The number of carbonyl (C=O) groups is 1. The summed E-state index contributed by atoms with van der Waals surface area (Å²) in [4.78, 5) is 14.9. The van der Waals surface area contributed by atoms with Gasteiger partial charge in [0, 0.05) is 26.1 Å². The second-order valence-corrected chi connectivity index (χ2v) is 14.6. The lowest BCUT2D eigenvalue weighted by molar-refractivity contribution is -0.173. The number of hydrogen-bond donors (Lipinski definition) is 1. The lowest BCUT2D eigenvalue weighted by atomic mass is 9.44. The summed E-state index contributed by atoms with van der Waals surface area (Å²) in [5.74, 6) is 3.00. The molecule has 1 N–H and O–H groups in total. The van der Waals surface area contributed by atoms with Crippen LogP contribution in [0.1, 0.15) is 105 Å². The molecule has 0 aromatic heterocycles. The van der Waals surface area contributed by atoms with Crippen LogP contribution in [0, 0.1) is 45.8 Å². The van der Waals surface area contributed by atoms with Gasteiger partial charge < -0.3 is 14.6 Å². The number of aliphatic hydroxyl groups excluding tert-OH is 1. The van der Waals surface area contributed by atoms with E-state index in [0.717, 1.165) is 51.6 Å². The number of nitrogens with zero attached hydrogens (tertiary/aromatic N) is 1. The molecule has 0 amide bonds. The highest BCUT2D eigenvalue weighted by Gasteiger charge is 2.66. The third-order valence-electron chi connectivity index (χ3n) is 12.6. The molecule has 0 radical (unpaired) electrons. The summed E-state index contributed by atoms with van der Waals surface area (Å²) in [5.41, 5.74) is 0.695. The van der Waals surface area contributed by atoms with Gasteiger partial charge in [-0.05, 0) is 97.2 Å². The van der Waals surface area contributed by atoms with Gasteiger partial charge in [0.2, 0.25) is 0 Å². The zero-order valence-electron chi connectivity index (χ0n) is 24.3. The maximum absolute atomic E-state index is 12.6. The number of carbonyl (C=O) groups excluding carboxylic acids is 1. The lowest BCUT2D eigenvalue weighted by Gasteiger charge is -2.61. The van der Waals surface area contributed by atoms with Crippen LogP contribution in [0.3, 0.4) is 0 Å². The van der Waals surface area contributed by atoms with Gasteiger partial charge in [-0.3, -0.25) is 9.69 Å². The highest BCUT2D eigenvalue weighted by Crippen LogP contribution is 2.71. The van der Waals surface area contributed by atoms with Crippen molar-refractivity contribution in [2.45, 2.75) is 111 Å². The van der Waals surface area contributed by atoms with E-state index in [1.807, 2.05) is 0 Å². The standard InChI is InChI=1S/C32H55NO4/c1-23(8-11-29(35)37-20-17-33-15-18-36-19-16-33)25-9-10-26-31(3)14-12-24-7-5-6-13-30(2,22-24)27(31)21-28(34)32(25,26)4/h23-28,34H,5-22H2,1-4H3/t23-,24-,25-,26+,27-,28+,30+,31+,32-/m1/s1. The van der Waals surface area contributed by atoms with E-state index >= 15 is 0 Å². The maximum atomic E-state index is 12.6. The van der Waals surface area contributed by atoms with Crippen LogP contribution in [-0.2, 0) is 14.3 Å². The molecule has 4 saturated carbocycles. The molecule has 5 fully saturated rings. The first-order valence-corrected chi connectivity index (χ1v) is 15.8. The van der Waals surface area contributed by atoms with Crippen LogP contribution >= 0.6 is 0 Å². The third-order valence-corrected chi connectivity index (χ3v) is 12.6. The Bertz CT molecular complexity index is 798.